The van der Waals surface area contributed by atoms with Gasteiger partial charge in [0.15, 0.2) is 11.4 Å². The van der Waals surface area contributed by atoms with E-state index in [9.17, 15) is 9.90 Å². The predicted molar refractivity (Wildman–Crippen MR) is 81.5 cm³/mol. The fourth-order valence-corrected chi connectivity index (χ4v) is 2.47. The normalized spacial score (nSPS) is 15.7. The van der Waals surface area contributed by atoms with Gasteiger partial charge < -0.3 is 9.84 Å². The lowest BCUT2D eigenvalue weighted by atomic mass is 9.95. The molecule has 5 nitrogen and oxygen atoms in total. The Balaban J connectivity index is 2.37. The number of fused-ring (bicyclic) bond motifs is 1. The summed E-state index contributed by atoms with van der Waals surface area (Å²) in [6.45, 7) is 3.44. The van der Waals surface area contributed by atoms with Crippen molar-refractivity contribution in [3.8, 4) is 11.8 Å². The molecule has 1 aromatic heterocycles. The van der Waals surface area contributed by atoms with E-state index in [1.807, 2.05) is 0 Å². The van der Waals surface area contributed by atoms with Crippen LogP contribution in [-0.4, -0.2) is 15.3 Å². The first-order chi connectivity index (χ1) is 10.4. The van der Waals surface area contributed by atoms with Gasteiger partial charge in [0, 0.05) is 17.8 Å². The monoisotopic (exact) mass is 294 g/mol. The fraction of sp³-hybridized carbons (Fsp3) is 0.176. The number of benzene rings is 1. The van der Waals surface area contributed by atoms with Crippen molar-refractivity contribution in [2.75, 3.05) is 0 Å². The number of aliphatic hydroxyl groups is 1. The second-order valence-electron chi connectivity index (χ2n) is 5.54. The van der Waals surface area contributed by atoms with Crippen molar-refractivity contribution in [3.63, 3.8) is 0 Å². The second kappa shape index (κ2) is 4.78. The highest BCUT2D eigenvalue weighted by molar-refractivity contribution is 5.76. The molecule has 0 spiro atoms. The number of pyridine rings is 1. The first-order valence-corrected chi connectivity index (χ1v) is 6.79. The predicted octanol–water partition coefficient (Wildman–Crippen LogP) is 2.67. The molecule has 0 unspecified atom stereocenters. The minimum Gasteiger partial charge on any atom is -0.506 e. The maximum absolute atomic E-state index is 12.2. The molecular formula is C17H14N2O3. The lowest BCUT2D eigenvalue weighted by Gasteiger charge is -2.34. The second-order valence-corrected chi connectivity index (χ2v) is 5.54. The molecule has 3 rings (SSSR count). The van der Waals surface area contributed by atoms with E-state index in [4.69, 9.17) is 10.00 Å². The molecule has 0 atom stereocenters. The molecule has 110 valence electrons. The summed E-state index contributed by atoms with van der Waals surface area (Å²) in [6, 6.07) is 11.7. The van der Waals surface area contributed by atoms with Gasteiger partial charge in [-0.3, -0.25) is 9.36 Å². The number of rotatable bonds is 1. The zero-order valence-corrected chi connectivity index (χ0v) is 12.2. The van der Waals surface area contributed by atoms with Crippen molar-refractivity contribution < 1.29 is 9.84 Å². The molecule has 0 fully saturated rings. The third-order valence-corrected chi connectivity index (χ3v) is 3.59. The number of aromatic nitrogens is 1. The van der Waals surface area contributed by atoms with E-state index in [1.165, 1.54) is 10.6 Å². The highest BCUT2D eigenvalue weighted by Gasteiger charge is 2.36. The average molecular weight is 294 g/mol. The number of aliphatic hydroxyl groups excluding tert-OH is 1. The third kappa shape index (κ3) is 2.06. The zero-order valence-electron chi connectivity index (χ0n) is 12.2. The van der Waals surface area contributed by atoms with Crippen LogP contribution in [0.4, 0.5) is 0 Å². The standard InChI is InChI=1S/C17H14N2O3/c1-17(2)16(21)15(19-8-4-3-5-14(19)20)12-9-11(10-18)6-7-13(12)22-17/h3-9,21H,1-2H3. The molecule has 0 bridgehead atoms. The summed E-state index contributed by atoms with van der Waals surface area (Å²) in [7, 11) is 0. The maximum atomic E-state index is 12.2. The Labute approximate surface area is 127 Å². The largest absolute Gasteiger partial charge is 0.506 e. The van der Waals surface area contributed by atoms with Crippen LogP contribution in [0.1, 0.15) is 25.0 Å². The van der Waals surface area contributed by atoms with Gasteiger partial charge in [-0.05, 0) is 38.1 Å². The van der Waals surface area contributed by atoms with Crippen LogP contribution >= 0.6 is 0 Å². The summed E-state index contributed by atoms with van der Waals surface area (Å²) in [5, 5.41) is 19.7. The smallest absolute Gasteiger partial charge is 0.255 e. The van der Waals surface area contributed by atoms with E-state index in [0.29, 0.717) is 22.6 Å². The zero-order chi connectivity index (χ0) is 15.9. The number of ether oxygens (including phenoxy) is 1. The van der Waals surface area contributed by atoms with Crippen molar-refractivity contribution in [1.82, 2.24) is 4.57 Å². The molecular weight excluding hydrogens is 280 g/mol. The van der Waals surface area contributed by atoms with Crippen molar-refractivity contribution in [3.05, 3.63) is 69.8 Å². The van der Waals surface area contributed by atoms with Crippen LogP contribution < -0.4 is 10.3 Å². The molecule has 0 radical (unpaired) electrons. The van der Waals surface area contributed by atoms with Crippen LogP contribution in [0.25, 0.3) is 5.70 Å². The first kappa shape index (κ1) is 14.0. The number of hydrogen-bond acceptors (Lipinski definition) is 4. The number of hydrogen-bond donors (Lipinski definition) is 1. The van der Waals surface area contributed by atoms with Gasteiger partial charge in [0.1, 0.15) is 11.4 Å². The summed E-state index contributed by atoms with van der Waals surface area (Å²) < 4.78 is 7.15. The van der Waals surface area contributed by atoms with Gasteiger partial charge in [0.25, 0.3) is 5.56 Å². The Bertz CT molecular complexity index is 885. The van der Waals surface area contributed by atoms with Crippen LogP contribution in [-0.2, 0) is 0 Å². The van der Waals surface area contributed by atoms with Crippen molar-refractivity contribution in [1.29, 1.82) is 5.26 Å². The van der Waals surface area contributed by atoms with Crippen LogP contribution in [0.5, 0.6) is 5.75 Å². The van der Waals surface area contributed by atoms with E-state index in [1.54, 1.807) is 50.4 Å². The molecule has 0 amide bonds. The molecule has 22 heavy (non-hydrogen) atoms. The summed E-state index contributed by atoms with van der Waals surface area (Å²) in [5.74, 6) is 0.468. The Kier molecular flexibility index (Phi) is 3.03. The molecule has 0 aliphatic carbocycles. The maximum Gasteiger partial charge on any atom is 0.255 e. The van der Waals surface area contributed by atoms with Crippen molar-refractivity contribution in [2.45, 2.75) is 19.4 Å². The highest BCUT2D eigenvalue weighted by Crippen LogP contribution is 2.40. The van der Waals surface area contributed by atoms with E-state index in [-0.39, 0.29) is 11.3 Å². The van der Waals surface area contributed by atoms with Gasteiger partial charge >= 0.3 is 0 Å². The topological polar surface area (TPSA) is 75.2 Å². The molecule has 0 saturated heterocycles. The Morgan fingerprint density at radius 2 is 2.05 bits per heavy atom. The summed E-state index contributed by atoms with van der Waals surface area (Å²) in [5.41, 5.74) is 0.0516. The molecule has 2 aromatic rings. The van der Waals surface area contributed by atoms with E-state index in [0.717, 1.165) is 0 Å². The summed E-state index contributed by atoms with van der Waals surface area (Å²) in [6.07, 6.45) is 1.58. The van der Waals surface area contributed by atoms with Gasteiger partial charge in [0.05, 0.1) is 11.6 Å². The minimum atomic E-state index is -0.966. The quantitative estimate of drug-likeness (QED) is 0.877. The average Bonchev–Trinajstić information content (AvgIpc) is 2.49. The van der Waals surface area contributed by atoms with E-state index >= 15 is 0 Å². The molecule has 5 heteroatoms. The van der Waals surface area contributed by atoms with E-state index < -0.39 is 5.60 Å². The molecule has 1 N–H and O–H groups in total. The minimum absolute atomic E-state index is 0.0524. The lowest BCUT2D eigenvalue weighted by Crippen LogP contribution is -2.37. The third-order valence-electron chi connectivity index (χ3n) is 3.59. The fourth-order valence-electron chi connectivity index (χ4n) is 2.47. The Morgan fingerprint density at radius 1 is 1.27 bits per heavy atom. The van der Waals surface area contributed by atoms with Crippen molar-refractivity contribution in [2.24, 2.45) is 0 Å². The molecule has 2 heterocycles. The highest BCUT2D eigenvalue weighted by atomic mass is 16.5. The van der Waals surface area contributed by atoms with Crippen LogP contribution in [0.15, 0.2) is 53.1 Å². The van der Waals surface area contributed by atoms with Crippen molar-refractivity contribution >= 4 is 5.70 Å². The lowest BCUT2D eigenvalue weighted by molar-refractivity contribution is 0.0910. The van der Waals surface area contributed by atoms with Crippen LogP contribution in [0.3, 0.4) is 0 Å². The summed E-state index contributed by atoms with van der Waals surface area (Å²) >= 11 is 0. The van der Waals surface area contributed by atoms with Crippen LogP contribution in [0, 0.1) is 11.3 Å². The number of nitrogens with zero attached hydrogens (tertiary/aromatic N) is 2. The molecule has 0 saturated carbocycles. The van der Waals surface area contributed by atoms with Gasteiger partial charge in [-0.2, -0.15) is 5.26 Å². The van der Waals surface area contributed by atoms with Gasteiger partial charge in [0.2, 0.25) is 0 Å². The Hall–Kier alpha value is -3.00. The van der Waals surface area contributed by atoms with Gasteiger partial charge in [-0.1, -0.05) is 6.07 Å². The Morgan fingerprint density at radius 3 is 2.73 bits per heavy atom. The first-order valence-electron chi connectivity index (χ1n) is 6.79. The van der Waals surface area contributed by atoms with Crippen LogP contribution in [0.2, 0.25) is 0 Å². The molecule has 1 aromatic carbocycles. The van der Waals surface area contributed by atoms with E-state index in [2.05, 4.69) is 6.07 Å². The molecule has 1 aliphatic heterocycles. The SMILES string of the molecule is CC1(C)Oc2ccc(C#N)cc2C(n2ccccc2=O)=C1O. The molecule has 1 aliphatic rings. The number of nitriles is 1. The van der Waals surface area contributed by atoms with Gasteiger partial charge in [-0.15, -0.1) is 0 Å². The summed E-state index contributed by atoms with van der Waals surface area (Å²) in [4.78, 5) is 12.2. The van der Waals surface area contributed by atoms with Gasteiger partial charge in [-0.25, -0.2) is 0 Å².